The van der Waals surface area contributed by atoms with Crippen molar-refractivity contribution in [3.63, 3.8) is 0 Å². The van der Waals surface area contributed by atoms with E-state index in [4.69, 9.17) is 27.9 Å². The zero-order chi connectivity index (χ0) is 22.5. The number of hydrogen-bond acceptors (Lipinski definition) is 5. The fourth-order valence-corrected chi connectivity index (χ4v) is 3.80. The summed E-state index contributed by atoms with van der Waals surface area (Å²) in [4.78, 5) is 29.6. The normalized spacial score (nSPS) is 13.9. The summed E-state index contributed by atoms with van der Waals surface area (Å²) in [5, 5.41) is 3.90. The van der Waals surface area contributed by atoms with Crippen molar-refractivity contribution in [1.29, 1.82) is 0 Å². The summed E-state index contributed by atoms with van der Waals surface area (Å²) in [6, 6.07) is 12.4. The van der Waals surface area contributed by atoms with Gasteiger partial charge in [0, 0.05) is 55.8 Å². The van der Waals surface area contributed by atoms with Crippen LogP contribution in [0.25, 0.3) is 5.57 Å². The molecule has 2 aromatic carbocycles. The molecule has 0 radical (unpaired) electrons. The maximum absolute atomic E-state index is 13.2. The number of carbonyl (C=O) groups is 2. The highest BCUT2D eigenvalue weighted by atomic mass is 35.5. The van der Waals surface area contributed by atoms with Crippen molar-refractivity contribution in [3.8, 4) is 0 Å². The third kappa shape index (κ3) is 5.21. The predicted octanol–water partition coefficient (Wildman–Crippen LogP) is 4.68. The number of imide groups is 1. The standard InChI is InChI=1S/C23H25Cl2N3O3/c1-4-31-13-5-12-28-22(29)20(18-11-6-15(24)14-19(18)25)21(23(28)30)26-16-7-9-17(10-8-16)27(2)3/h6-11,14,26H,4-5,12-13H2,1-3H3. The Kier molecular flexibility index (Phi) is 7.59. The highest BCUT2D eigenvalue weighted by Gasteiger charge is 2.39. The lowest BCUT2D eigenvalue weighted by molar-refractivity contribution is -0.137. The van der Waals surface area contributed by atoms with Gasteiger partial charge < -0.3 is 15.0 Å². The maximum atomic E-state index is 13.2. The number of nitrogens with one attached hydrogen (secondary N) is 1. The van der Waals surface area contributed by atoms with Crippen LogP contribution in [0.3, 0.4) is 0 Å². The van der Waals surface area contributed by atoms with Gasteiger partial charge in [-0.2, -0.15) is 0 Å². The fraction of sp³-hybridized carbons (Fsp3) is 0.304. The number of amides is 2. The Balaban J connectivity index is 1.96. The van der Waals surface area contributed by atoms with Crippen molar-refractivity contribution in [2.45, 2.75) is 13.3 Å². The minimum absolute atomic E-state index is 0.197. The van der Waals surface area contributed by atoms with E-state index in [1.165, 1.54) is 4.90 Å². The van der Waals surface area contributed by atoms with Crippen LogP contribution in [-0.2, 0) is 14.3 Å². The molecule has 1 aliphatic rings. The lowest BCUT2D eigenvalue weighted by atomic mass is 10.0. The van der Waals surface area contributed by atoms with E-state index >= 15 is 0 Å². The van der Waals surface area contributed by atoms with Crippen molar-refractivity contribution < 1.29 is 14.3 Å². The zero-order valence-electron chi connectivity index (χ0n) is 17.7. The van der Waals surface area contributed by atoms with Crippen LogP contribution < -0.4 is 10.2 Å². The van der Waals surface area contributed by atoms with Gasteiger partial charge in [0.05, 0.1) is 10.6 Å². The first-order valence-corrected chi connectivity index (χ1v) is 10.8. The molecule has 31 heavy (non-hydrogen) atoms. The summed E-state index contributed by atoms with van der Waals surface area (Å²) in [6.07, 6.45) is 0.553. The van der Waals surface area contributed by atoms with Gasteiger partial charge in [0.1, 0.15) is 5.70 Å². The molecule has 0 fully saturated rings. The fourth-order valence-electron chi connectivity index (χ4n) is 3.29. The van der Waals surface area contributed by atoms with Gasteiger partial charge in [-0.15, -0.1) is 0 Å². The van der Waals surface area contributed by atoms with Crippen LogP contribution in [0.5, 0.6) is 0 Å². The third-order valence-electron chi connectivity index (χ3n) is 4.90. The summed E-state index contributed by atoms with van der Waals surface area (Å²) < 4.78 is 5.34. The Bertz CT molecular complexity index is 1000. The Morgan fingerprint density at radius 3 is 2.35 bits per heavy atom. The molecule has 0 aliphatic carbocycles. The number of hydrogen-bond donors (Lipinski definition) is 1. The molecule has 8 heteroatoms. The van der Waals surface area contributed by atoms with Gasteiger partial charge in [0.15, 0.2) is 0 Å². The van der Waals surface area contributed by atoms with Crippen molar-refractivity contribution in [1.82, 2.24) is 4.90 Å². The van der Waals surface area contributed by atoms with Crippen molar-refractivity contribution in [2.24, 2.45) is 0 Å². The van der Waals surface area contributed by atoms with E-state index in [2.05, 4.69) is 5.32 Å². The minimum Gasteiger partial charge on any atom is -0.382 e. The summed E-state index contributed by atoms with van der Waals surface area (Å²) in [5.74, 6) is -0.780. The molecule has 0 aromatic heterocycles. The van der Waals surface area contributed by atoms with Crippen molar-refractivity contribution >= 4 is 52.0 Å². The van der Waals surface area contributed by atoms with Gasteiger partial charge in [0.2, 0.25) is 0 Å². The summed E-state index contributed by atoms with van der Waals surface area (Å²) in [5.41, 5.74) is 2.61. The first-order valence-electron chi connectivity index (χ1n) is 10.0. The van der Waals surface area contributed by atoms with Gasteiger partial charge >= 0.3 is 0 Å². The van der Waals surface area contributed by atoms with Crippen LogP contribution in [0.15, 0.2) is 48.2 Å². The van der Waals surface area contributed by atoms with Gasteiger partial charge in [-0.05, 0) is 49.7 Å². The van der Waals surface area contributed by atoms with E-state index < -0.39 is 5.91 Å². The van der Waals surface area contributed by atoms with Crippen LogP contribution in [0.2, 0.25) is 10.0 Å². The SMILES string of the molecule is CCOCCCN1C(=O)C(Nc2ccc(N(C)C)cc2)=C(c2ccc(Cl)cc2Cl)C1=O. The summed E-state index contributed by atoms with van der Waals surface area (Å²) in [7, 11) is 3.90. The summed E-state index contributed by atoms with van der Waals surface area (Å²) >= 11 is 12.4. The van der Waals surface area contributed by atoms with Crippen LogP contribution in [0.4, 0.5) is 11.4 Å². The smallest absolute Gasteiger partial charge is 0.278 e. The van der Waals surface area contributed by atoms with Crippen LogP contribution in [0, 0.1) is 0 Å². The molecular formula is C23H25Cl2N3O3. The van der Waals surface area contributed by atoms with Crippen molar-refractivity contribution in [2.75, 3.05) is 44.1 Å². The van der Waals surface area contributed by atoms with E-state index in [9.17, 15) is 9.59 Å². The zero-order valence-corrected chi connectivity index (χ0v) is 19.3. The molecule has 3 rings (SSSR count). The predicted molar refractivity (Wildman–Crippen MR) is 126 cm³/mol. The maximum Gasteiger partial charge on any atom is 0.278 e. The van der Waals surface area contributed by atoms with Crippen molar-refractivity contribution in [3.05, 3.63) is 63.8 Å². The van der Waals surface area contributed by atoms with E-state index in [1.54, 1.807) is 18.2 Å². The molecule has 2 amide bonds. The van der Waals surface area contributed by atoms with Gasteiger partial charge in [0.25, 0.3) is 11.8 Å². The van der Waals surface area contributed by atoms with Gasteiger partial charge in [-0.25, -0.2) is 0 Å². The second-order valence-electron chi connectivity index (χ2n) is 7.25. The Morgan fingerprint density at radius 2 is 1.74 bits per heavy atom. The first-order chi connectivity index (χ1) is 14.8. The lowest BCUT2D eigenvalue weighted by Gasteiger charge is -2.16. The third-order valence-corrected chi connectivity index (χ3v) is 5.44. The summed E-state index contributed by atoms with van der Waals surface area (Å²) in [6.45, 7) is 3.22. The number of anilines is 2. The highest BCUT2D eigenvalue weighted by molar-refractivity contribution is 6.41. The highest BCUT2D eigenvalue weighted by Crippen LogP contribution is 2.35. The second-order valence-corrected chi connectivity index (χ2v) is 8.10. The van der Waals surface area contributed by atoms with E-state index in [-0.39, 0.29) is 23.7 Å². The first kappa shape index (κ1) is 23.1. The molecular weight excluding hydrogens is 437 g/mol. The quantitative estimate of drug-likeness (QED) is 0.433. The second kappa shape index (κ2) is 10.2. The van der Waals surface area contributed by atoms with Crippen LogP contribution in [-0.4, -0.2) is 50.6 Å². The number of nitrogens with zero attached hydrogens (tertiary/aromatic N) is 2. The molecule has 164 valence electrons. The number of halogens is 2. The number of benzene rings is 2. The molecule has 0 saturated carbocycles. The number of rotatable bonds is 9. The largest absolute Gasteiger partial charge is 0.382 e. The Labute approximate surface area is 192 Å². The van der Waals surface area contributed by atoms with E-state index in [1.807, 2.05) is 50.2 Å². The molecule has 6 nitrogen and oxygen atoms in total. The molecule has 0 atom stereocenters. The molecule has 2 aromatic rings. The van der Waals surface area contributed by atoms with E-state index in [0.717, 1.165) is 5.69 Å². The number of ether oxygens (including phenoxy) is 1. The molecule has 0 bridgehead atoms. The lowest BCUT2D eigenvalue weighted by Crippen LogP contribution is -2.34. The average molecular weight is 462 g/mol. The van der Waals surface area contributed by atoms with Crippen LogP contribution in [0.1, 0.15) is 18.9 Å². The number of carbonyl (C=O) groups excluding carboxylic acids is 2. The molecule has 0 spiro atoms. The molecule has 1 N–H and O–H groups in total. The Morgan fingerprint density at radius 1 is 1.03 bits per heavy atom. The molecule has 1 heterocycles. The molecule has 0 unspecified atom stereocenters. The minimum atomic E-state index is -0.391. The van der Waals surface area contributed by atoms with E-state index in [0.29, 0.717) is 40.9 Å². The molecule has 1 aliphatic heterocycles. The topological polar surface area (TPSA) is 61.9 Å². The monoisotopic (exact) mass is 461 g/mol. The van der Waals surface area contributed by atoms with Gasteiger partial charge in [-0.1, -0.05) is 29.3 Å². The average Bonchev–Trinajstić information content (AvgIpc) is 2.96. The molecule has 0 saturated heterocycles. The Hall–Kier alpha value is -2.54. The van der Waals surface area contributed by atoms with Crippen LogP contribution >= 0.6 is 23.2 Å². The van der Waals surface area contributed by atoms with Gasteiger partial charge in [-0.3, -0.25) is 14.5 Å².